The van der Waals surface area contributed by atoms with Crippen LogP contribution in [0.25, 0.3) is 0 Å². The number of amides is 1. The zero-order valence-corrected chi connectivity index (χ0v) is 21.0. The first-order valence-electron chi connectivity index (χ1n) is 11.6. The molecular formula is C26H36N2O6. The Hall–Kier alpha value is -3.42. The van der Waals surface area contributed by atoms with Crippen molar-refractivity contribution in [2.45, 2.75) is 41.0 Å². The SMILES string of the molecule is CCOc1cc(C(=O)N/N=C/c2ccc(OCCC(C)C)c(OC)c2)cc(OCC)c1OCC. The van der Waals surface area contributed by atoms with E-state index in [1.54, 1.807) is 31.5 Å². The first-order chi connectivity index (χ1) is 16.4. The molecule has 0 heterocycles. The van der Waals surface area contributed by atoms with E-state index in [1.165, 1.54) is 0 Å². The number of rotatable bonds is 14. The van der Waals surface area contributed by atoms with Gasteiger partial charge in [0.05, 0.1) is 39.8 Å². The molecule has 0 aliphatic rings. The van der Waals surface area contributed by atoms with E-state index >= 15 is 0 Å². The maximum Gasteiger partial charge on any atom is 0.271 e. The average Bonchev–Trinajstić information content (AvgIpc) is 2.81. The molecule has 0 saturated carbocycles. The zero-order valence-electron chi connectivity index (χ0n) is 21.0. The van der Waals surface area contributed by atoms with Gasteiger partial charge in [-0.2, -0.15) is 5.10 Å². The van der Waals surface area contributed by atoms with Gasteiger partial charge in [-0.15, -0.1) is 0 Å². The van der Waals surface area contributed by atoms with Crippen molar-refractivity contribution in [1.29, 1.82) is 0 Å². The molecule has 0 aliphatic heterocycles. The zero-order chi connectivity index (χ0) is 24.9. The van der Waals surface area contributed by atoms with E-state index in [9.17, 15) is 4.79 Å². The van der Waals surface area contributed by atoms with Gasteiger partial charge < -0.3 is 23.7 Å². The van der Waals surface area contributed by atoms with E-state index in [1.807, 2.05) is 32.9 Å². The van der Waals surface area contributed by atoms with Gasteiger partial charge >= 0.3 is 0 Å². The van der Waals surface area contributed by atoms with Crippen LogP contribution >= 0.6 is 0 Å². The fourth-order valence-corrected chi connectivity index (χ4v) is 3.04. The van der Waals surface area contributed by atoms with Crippen LogP contribution in [0.1, 0.15) is 57.0 Å². The molecule has 0 radical (unpaired) electrons. The predicted octanol–water partition coefficient (Wildman–Crippen LogP) is 5.08. The highest BCUT2D eigenvalue weighted by Crippen LogP contribution is 2.39. The number of ether oxygens (including phenoxy) is 5. The lowest BCUT2D eigenvalue weighted by Gasteiger charge is -2.16. The number of nitrogens with zero attached hydrogens (tertiary/aromatic N) is 1. The van der Waals surface area contributed by atoms with Crippen LogP contribution in [0.2, 0.25) is 0 Å². The highest BCUT2D eigenvalue weighted by atomic mass is 16.5. The third-order valence-corrected chi connectivity index (χ3v) is 4.69. The molecule has 34 heavy (non-hydrogen) atoms. The third kappa shape index (κ3) is 7.86. The Morgan fingerprint density at radius 3 is 2.12 bits per heavy atom. The highest BCUT2D eigenvalue weighted by molar-refractivity contribution is 5.96. The molecule has 0 atom stereocenters. The molecule has 0 fully saturated rings. The Labute approximate surface area is 202 Å². The standard InChI is InChI=1S/C26H36N2O6/c1-7-31-23-15-20(16-24(32-8-2)25(23)33-9-3)26(29)28-27-17-19-10-11-21(22(14-19)30-6)34-13-12-18(4)5/h10-11,14-18H,7-9,12-13H2,1-6H3,(H,28,29)/b27-17+. The summed E-state index contributed by atoms with van der Waals surface area (Å²) >= 11 is 0. The van der Waals surface area contributed by atoms with E-state index in [0.29, 0.717) is 66.7 Å². The van der Waals surface area contributed by atoms with E-state index in [4.69, 9.17) is 23.7 Å². The first kappa shape index (κ1) is 26.8. The maximum atomic E-state index is 12.7. The molecule has 0 spiro atoms. The van der Waals surface area contributed by atoms with Crippen molar-refractivity contribution in [2.24, 2.45) is 11.0 Å². The molecular weight excluding hydrogens is 436 g/mol. The van der Waals surface area contributed by atoms with Gasteiger partial charge in [-0.25, -0.2) is 5.43 Å². The maximum absolute atomic E-state index is 12.7. The lowest BCUT2D eigenvalue weighted by molar-refractivity contribution is 0.0954. The molecule has 2 rings (SSSR count). The van der Waals surface area contributed by atoms with Gasteiger partial charge in [0.2, 0.25) is 5.75 Å². The van der Waals surface area contributed by atoms with Gasteiger partial charge in [0.25, 0.3) is 5.91 Å². The summed E-state index contributed by atoms with van der Waals surface area (Å²) in [6.45, 7) is 11.8. The molecule has 2 aromatic rings. The van der Waals surface area contributed by atoms with Crippen molar-refractivity contribution in [3.05, 3.63) is 41.5 Å². The summed E-state index contributed by atoms with van der Waals surface area (Å²) in [6, 6.07) is 8.72. The Kier molecular flexibility index (Phi) is 11.0. The first-order valence-corrected chi connectivity index (χ1v) is 11.6. The summed E-state index contributed by atoms with van der Waals surface area (Å²) in [5, 5.41) is 4.08. The minimum atomic E-state index is -0.401. The van der Waals surface area contributed by atoms with Gasteiger partial charge in [-0.3, -0.25) is 4.79 Å². The monoisotopic (exact) mass is 472 g/mol. The lowest BCUT2D eigenvalue weighted by Crippen LogP contribution is -2.18. The molecule has 0 saturated heterocycles. The molecule has 1 amide bonds. The van der Waals surface area contributed by atoms with E-state index in [2.05, 4.69) is 24.4 Å². The minimum Gasteiger partial charge on any atom is -0.493 e. The molecule has 0 aliphatic carbocycles. The summed E-state index contributed by atoms with van der Waals surface area (Å²) in [7, 11) is 1.59. The molecule has 186 valence electrons. The Morgan fingerprint density at radius 2 is 1.56 bits per heavy atom. The topological polar surface area (TPSA) is 87.6 Å². The second kappa shape index (κ2) is 14.0. The van der Waals surface area contributed by atoms with Gasteiger partial charge in [0, 0.05) is 5.56 Å². The smallest absolute Gasteiger partial charge is 0.271 e. The van der Waals surface area contributed by atoms with Crippen molar-refractivity contribution in [3.63, 3.8) is 0 Å². The minimum absolute atomic E-state index is 0.346. The van der Waals surface area contributed by atoms with Crippen LogP contribution in [-0.4, -0.2) is 45.7 Å². The van der Waals surface area contributed by atoms with E-state index in [-0.39, 0.29) is 0 Å². The van der Waals surface area contributed by atoms with Gasteiger partial charge in [-0.05, 0) is 69.0 Å². The summed E-state index contributed by atoms with van der Waals surface area (Å²) in [4.78, 5) is 12.7. The predicted molar refractivity (Wildman–Crippen MR) is 133 cm³/mol. The summed E-state index contributed by atoms with van der Waals surface area (Å²) in [5.41, 5.74) is 3.64. The number of benzene rings is 2. The molecule has 8 nitrogen and oxygen atoms in total. The van der Waals surface area contributed by atoms with Crippen molar-refractivity contribution in [1.82, 2.24) is 5.43 Å². The number of carbonyl (C=O) groups is 1. The number of hydrogen-bond donors (Lipinski definition) is 1. The summed E-state index contributed by atoms with van der Waals surface area (Å²) in [6.07, 6.45) is 2.50. The number of hydrogen-bond acceptors (Lipinski definition) is 7. The van der Waals surface area contributed by atoms with Crippen molar-refractivity contribution in [3.8, 4) is 28.7 Å². The molecule has 8 heteroatoms. The number of methoxy groups -OCH3 is 1. The fraction of sp³-hybridized carbons (Fsp3) is 0.462. The Bertz CT molecular complexity index is 931. The highest BCUT2D eigenvalue weighted by Gasteiger charge is 2.18. The third-order valence-electron chi connectivity index (χ3n) is 4.69. The van der Waals surface area contributed by atoms with Crippen molar-refractivity contribution < 1.29 is 28.5 Å². The number of hydrazone groups is 1. The van der Waals surface area contributed by atoms with Gasteiger partial charge in [0.15, 0.2) is 23.0 Å². The quantitative estimate of drug-likeness (QED) is 0.305. The van der Waals surface area contributed by atoms with Crippen LogP contribution in [-0.2, 0) is 0 Å². The molecule has 2 aromatic carbocycles. The second-order valence-corrected chi connectivity index (χ2v) is 7.74. The van der Waals surface area contributed by atoms with E-state index < -0.39 is 5.91 Å². The second-order valence-electron chi connectivity index (χ2n) is 7.74. The van der Waals surface area contributed by atoms with E-state index in [0.717, 1.165) is 12.0 Å². The Morgan fingerprint density at radius 1 is 0.912 bits per heavy atom. The van der Waals surface area contributed by atoms with Crippen LogP contribution < -0.4 is 29.1 Å². The summed E-state index contributed by atoms with van der Waals surface area (Å²) < 4.78 is 28.3. The van der Waals surface area contributed by atoms with Crippen LogP contribution in [0.5, 0.6) is 28.7 Å². The fourth-order valence-electron chi connectivity index (χ4n) is 3.04. The van der Waals surface area contributed by atoms with Crippen molar-refractivity contribution >= 4 is 12.1 Å². The van der Waals surface area contributed by atoms with Crippen LogP contribution in [0.15, 0.2) is 35.4 Å². The van der Waals surface area contributed by atoms with Gasteiger partial charge in [-0.1, -0.05) is 13.8 Å². The molecule has 0 aromatic heterocycles. The van der Waals surface area contributed by atoms with Crippen LogP contribution in [0, 0.1) is 5.92 Å². The Balaban J connectivity index is 2.14. The summed E-state index contributed by atoms with van der Waals surface area (Å²) in [5.74, 6) is 2.81. The molecule has 0 unspecified atom stereocenters. The molecule has 1 N–H and O–H groups in total. The van der Waals surface area contributed by atoms with Crippen LogP contribution in [0.4, 0.5) is 0 Å². The normalized spacial score (nSPS) is 10.9. The number of nitrogens with one attached hydrogen (secondary N) is 1. The van der Waals surface area contributed by atoms with Gasteiger partial charge in [0.1, 0.15) is 0 Å². The lowest BCUT2D eigenvalue weighted by atomic mass is 10.1. The van der Waals surface area contributed by atoms with Crippen LogP contribution in [0.3, 0.4) is 0 Å². The molecule has 0 bridgehead atoms. The van der Waals surface area contributed by atoms with Crippen molar-refractivity contribution in [2.75, 3.05) is 33.5 Å². The largest absolute Gasteiger partial charge is 0.493 e. The average molecular weight is 473 g/mol. The number of carbonyl (C=O) groups excluding carboxylic acids is 1.